The van der Waals surface area contributed by atoms with Gasteiger partial charge in [-0.25, -0.2) is 4.57 Å². The second-order valence-electron chi connectivity index (χ2n) is 18.5. The highest BCUT2D eigenvalue weighted by Crippen LogP contribution is 2.43. The fourth-order valence-electron chi connectivity index (χ4n) is 7.00. The van der Waals surface area contributed by atoms with E-state index >= 15 is 0 Å². The molecule has 8 nitrogen and oxygen atoms in total. The van der Waals surface area contributed by atoms with Crippen molar-refractivity contribution in [3.63, 3.8) is 0 Å². The third-order valence-electron chi connectivity index (χ3n) is 11.1. The van der Waals surface area contributed by atoms with E-state index in [9.17, 15) is 19.4 Å². The largest absolute Gasteiger partial charge is 0.472 e. The number of unbranched alkanes of at least 4 members (excludes halogenated alkanes) is 21. The number of rotatable bonds is 46. The number of aliphatic hydroxyl groups is 1. The number of carbonyl (C=O) groups excluding carboxylic acids is 1. The molecule has 370 valence electrons. The topological polar surface area (TPSA) is 105 Å². The number of amides is 1. The average Bonchev–Trinajstić information content (AvgIpc) is 3.25. The number of aliphatic hydroxyl groups excluding tert-OH is 1. The summed E-state index contributed by atoms with van der Waals surface area (Å²) in [6.45, 7) is 4.66. The Balaban J connectivity index is 4.41. The van der Waals surface area contributed by atoms with Crippen molar-refractivity contribution in [2.75, 3.05) is 40.9 Å². The normalized spacial score (nSPS) is 14.8. The Labute approximate surface area is 395 Å². The number of carbonyl (C=O) groups is 1. The molecule has 3 unspecified atom stereocenters. The monoisotopic (exact) mass is 916 g/mol. The van der Waals surface area contributed by atoms with Crippen molar-refractivity contribution in [1.82, 2.24) is 5.32 Å². The fraction of sp³-hybridized carbons (Fsp3) is 0.727. The number of allylic oxidation sites excluding steroid dienone is 13. The minimum Gasteiger partial charge on any atom is -0.387 e. The van der Waals surface area contributed by atoms with Crippen LogP contribution in [0.5, 0.6) is 0 Å². The van der Waals surface area contributed by atoms with Gasteiger partial charge in [-0.1, -0.05) is 202 Å². The van der Waals surface area contributed by atoms with Crippen LogP contribution in [0.15, 0.2) is 85.1 Å². The zero-order valence-corrected chi connectivity index (χ0v) is 42.9. The number of nitrogens with zero attached hydrogens (tertiary/aromatic N) is 1. The van der Waals surface area contributed by atoms with Crippen LogP contribution < -0.4 is 5.32 Å². The lowest BCUT2D eigenvalue weighted by molar-refractivity contribution is -0.870. The van der Waals surface area contributed by atoms with Crippen molar-refractivity contribution < 1.29 is 32.9 Å². The van der Waals surface area contributed by atoms with Gasteiger partial charge in [0.1, 0.15) is 13.2 Å². The van der Waals surface area contributed by atoms with Crippen LogP contribution in [0.2, 0.25) is 0 Å². The van der Waals surface area contributed by atoms with E-state index in [4.69, 9.17) is 9.05 Å². The molecule has 0 aliphatic heterocycles. The average molecular weight is 916 g/mol. The molecule has 1 amide bonds. The van der Waals surface area contributed by atoms with Crippen molar-refractivity contribution in [1.29, 1.82) is 0 Å². The zero-order valence-electron chi connectivity index (χ0n) is 42.0. The Hall–Kier alpha value is -2.32. The molecule has 0 aromatic rings. The van der Waals surface area contributed by atoms with Crippen molar-refractivity contribution in [3.05, 3.63) is 85.1 Å². The van der Waals surface area contributed by atoms with Gasteiger partial charge in [0.2, 0.25) is 5.91 Å². The summed E-state index contributed by atoms with van der Waals surface area (Å²) < 4.78 is 23.6. The van der Waals surface area contributed by atoms with E-state index in [0.29, 0.717) is 17.4 Å². The molecule has 0 aliphatic carbocycles. The van der Waals surface area contributed by atoms with Gasteiger partial charge in [-0.15, -0.1) is 0 Å². The SMILES string of the molecule is CC/C=C\C/C=C\C/C=C\C/C=C\CCCCCCCCCCC(=O)NC(COP(=O)(O)OCC[N+](C)(C)C)C(O)/C=C/CC/C=C/CC/C=C/CCCCCCCCCCCCC. The standard InChI is InChI=1S/C55H99N2O6P/c1-6-8-10-12-14-16-18-20-22-24-26-28-30-32-34-36-38-40-42-44-46-48-54(58)53(52-63-64(60,61)62-51-50-57(3,4)5)56-55(59)49-47-45-43-41-39-37-35-33-31-29-27-25-23-21-19-17-15-13-11-9-7-2/h9,11,15,17,21,23,27,29-30,32,38,40,46,48,53-54,58H,6-8,10,12-14,16,18-20,22,24-26,28,31,33-37,39,41-45,47,49-52H2,1-5H3,(H-,56,59,60,61)/p+1/b11-9-,17-15-,23-21-,29-27-,32-30+,40-38+,48-46+. The molecule has 0 radical (unpaired) electrons. The van der Waals surface area contributed by atoms with E-state index in [1.807, 2.05) is 27.2 Å². The van der Waals surface area contributed by atoms with Crippen LogP contribution in [-0.2, 0) is 18.4 Å². The molecular weight excluding hydrogens is 816 g/mol. The molecule has 3 atom stereocenters. The summed E-state index contributed by atoms with van der Waals surface area (Å²) in [4.78, 5) is 23.2. The summed E-state index contributed by atoms with van der Waals surface area (Å²) in [7, 11) is 1.53. The summed E-state index contributed by atoms with van der Waals surface area (Å²) in [6, 6.07) is -0.879. The highest BCUT2D eigenvalue weighted by molar-refractivity contribution is 7.47. The summed E-state index contributed by atoms with van der Waals surface area (Å²) in [5.74, 6) is -0.202. The molecule has 0 bridgehead atoms. The highest BCUT2D eigenvalue weighted by atomic mass is 31.2. The van der Waals surface area contributed by atoms with Gasteiger partial charge in [0, 0.05) is 6.42 Å². The molecule has 0 aliphatic rings. The molecule has 0 aromatic heterocycles. The Bertz CT molecular complexity index is 1310. The number of phosphoric acid groups is 1. The maximum atomic E-state index is 12.9. The Kier molecular flexibility index (Phi) is 44.2. The maximum Gasteiger partial charge on any atom is 0.472 e. The van der Waals surface area contributed by atoms with E-state index in [2.05, 4.69) is 92.1 Å². The Morgan fingerprint density at radius 3 is 1.44 bits per heavy atom. The van der Waals surface area contributed by atoms with Gasteiger partial charge in [-0.3, -0.25) is 13.8 Å². The second kappa shape index (κ2) is 45.8. The number of nitrogens with one attached hydrogen (secondary N) is 1. The van der Waals surface area contributed by atoms with E-state index < -0.39 is 20.0 Å². The molecule has 0 aromatic carbocycles. The van der Waals surface area contributed by atoms with Crippen LogP contribution in [0.25, 0.3) is 0 Å². The summed E-state index contributed by atoms with van der Waals surface area (Å²) >= 11 is 0. The van der Waals surface area contributed by atoms with Gasteiger partial charge in [-0.2, -0.15) is 0 Å². The third kappa shape index (κ3) is 47.6. The molecular formula is C55H100N2O6P+. The zero-order chi connectivity index (χ0) is 47.1. The third-order valence-corrected chi connectivity index (χ3v) is 12.1. The van der Waals surface area contributed by atoms with Crippen molar-refractivity contribution >= 4 is 13.7 Å². The van der Waals surface area contributed by atoms with Crippen LogP contribution in [0.1, 0.15) is 206 Å². The quantitative estimate of drug-likeness (QED) is 0.0243. The van der Waals surface area contributed by atoms with Gasteiger partial charge >= 0.3 is 7.82 Å². The minimum atomic E-state index is -4.36. The Morgan fingerprint density at radius 2 is 0.953 bits per heavy atom. The molecule has 0 saturated carbocycles. The van der Waals surface area contributed by atoms with Gasteiger partial charge in [-0.05, 0) is 83.5 Å². The predicted octanol–water partition coefficient (Wildman–Crippen LogP) is 15.3. The highest BCUT2D eigenvalue weighted by Gasteiger charge is 2.27. The van der Waals surface area contributed by atoms with E-state index in [1.165, 1.54) is 103 Å². The van der Waals surface area contributed by atoms with Gasteiger partial charge in [0.15, 0.2) is 0 Å². The number of quaternary nitrogens is 1. The lowest BCUT2D eigenvalue weighted by Crippen LogP contribution is -2.45. The number of likely N-dealkylation sites (N-methyl/N-ethyl adjacent to an activating group) is 1. The van der Waals surface area contributed by atoms with Gasteiger partial charge in [0.25, 0.3) is 0 Å². The molecule has 3 N–H and O–H groups in total. The molecule has 0 spiro atoms. The first-order valence-corrected chi connectivity index (χ1v) is 27.5. The molecule has 0 rings (SSSR count). The predicted molar refractivity (Wildman–Crippen MR) is 276 cm³/mol. The molecule has 9 heteroatoms. The first kappa shape index (κ1) is 61.7. The lowest BCUT2D eigenvalue weighted by Gasteiger charge is -2.25. The van der Waals surface area contributed by atoms with E-state index in [0.717, 1.165) is 83.5 Å². The van der Waals surface area contributed by atoms with Crippen LogP contribution in [0, 0.1) is 0 Å². The first-order chi connectivity index (χ1) is 31.0. The van der Waals surface area contributed by atoms with Crippen molar-refractivity contribution in [2.24, 2.45) is 0 Å². The summed E-state index contributed by atoms with van der Waals surface area (Å²) in [5.41, 5.74) is 0. The van der Waals surface area contributed by atoms with Crippen molar-refractivity contribution in [3.8, 4) is 0 Å². The summed E-state index contributed by atoms with van der Waals surface area (Å²) in [5, 5.41) is 13.9. The van der Waals surface area contributed by atoms with Gasteiger partial charge < -0.3 is 19.8 Å². The van der Waals surface area contributed by atoms with E-state index in [-0.39, 0.29) is 19.1 Å². The molecule has 0 fully saturated rings. The van der Waals surface area contributed by atoms with Gasteiger partial charge in [0.05, 0.1) is 39.9 Å². The van der Waals surface area contributed by atoms with Crippen LogP contribution in [-0.4, -0.2) is 73.4 Å². The fourth-order valence-corrected chi connectivity index (χ4v) is 7.74. The summed E-state index contributed by atoms with van der Waals surface area (Å²) in [6.07, 6.45) is 63.8. The maximum absolute atomic E-state index is 12.9. The molecule has 0 saturated heterocycles. The van der Waals surface area contributed by atoms with Crippen LogP contribution in [0.4, 0.5) is 0 Å². The smallest absolute Gasteiger partial charge is 0.387 e. The second-order valence-corrected chi connectivity index (χ2v) is 19.9. The van der Waals surface area contributed by atoms with E-state index in [1.54, 1.807) is 6.08 Å². The molecule has 64 heavy (non-hydrogen) atoms. The number of hydrogen-bond donors (Lipinski definition) is 3. The van der Waals surface area contributed by atoms with Crippen LogP contribution >= 0.6 is 7.82 Å². The number of phosphoric ester groups is 1. The van der Waals surface area contributed by atoms with Crippen molar-refractivity contribution in [2.45, 2.75) is 219 Å². The molecule has 0 heterocycles. The first-order valence-electron chi connectivity index (χ1n) is 26.0. The Morgan fingerprint density at radius 1 is 0.547 bits per heavy atom. The van der Waals surface area contributed by atoms with Crippen LogP contribution in [0.3, 0.4) is 0 Å². The lowest BCUT2D eigenvalue weighted by atomic mass is 10.1. The number of hydrogen-bond acceptors (Lipinski definition) is 5. The minimum absolute atomic E-state index is 0.0477.